The van der Waals surface area contributed by atoms with E-state index >= 15 is 0 Å². The monoisotopic (exact) mass is 437 g/mol. The molecule has 4 nitrogen and oxygen atoms in total. The van der Waals surface area contributed by atoms with Crippen LogP contribution in [-0.4, -0.2) is 15.7 Å². The number of aromatic nitrogens is 2. The van der Waals surface area contributed by atoms with Gasteiger partial charge in [0.1, 0.15) is 0 Å². The molecule has 0 aliphatic carbocycles. The SMILES string of the molecule is Cc1cc(Br)ccc1NC(=O)c1cnn(-c2cccc(C(F)(F)F)c2)c1C. The number of rotatable bonds is 3. The Balaban J connectivity index is 1.90. The number of hydrogen-bond donors (Lipinski definition) is 1. The van der Waals surface area contributed by atoms with E-state index in [9.17, 15) is 18.0 Å². The molecular formula is C19H15BrF3N3O. The molecular weight excluding hydrogens is 423 g/mol. The molecule has 1 amide bonds. The maximum Gasteiger partial charge on any atom is 0.416 e. The van der Waals surface area contributed by atoms with E-state index in [1.54, 1.807) is 13.0 Å². The number of benzene rings is 2. The van der Waals surface area contributed by atoms with E-state index in [0.29, 0.717) is 11.4 Å². The summed E-state index contributed by atoms with van der Waals surface area (Å²) in [4.78, 5) is 12.6. The minimum atomic E-state index is -4.45. The second kappa shape index (κ2) is 7.19. The number of carbonyl (C=O) groups excluding carboxylic acids is 1. The molecule has 0 atom stereocenters. The van der Waals surface area contributed by atoms with Crippen LogP contribution < -0.4 is 5.32 Å². The van der Waals surface area contributed by atoms with Crippen LogP contribution in [0.1, 0.15) is 27.2 Å². The van der Waals surface area contributed by atoms with Gasteiger partial charge in [0.2, 0.25) is 0 Å². The summed E-state index contributed by atoms with van der Waals surface area (Å²) in [5.74, 6) is -0.379. The number of nitrogens with one attached hydrogen (secondary N) is 1. The van der Waals surface area contributed by atoms with Crippen LogP contribution in [-0.2, 0) is 6.18 Å². The minimum Gasteiger partial charge on any atom is -0.322 e. The van der Waals surface area contributed by atoms with Gasteiger partial charge in [0.15, 0.2) is 0 Å². The van der Waals surface area contributed by atoms with Gasteiger partial charge in [0, 0.05) is 10.2 Å². The van der Waals surface area contributed by atoms with Gasteiger partial charge in [-0.15, -0.1) is 0 Å². The van der Waals surface area contributed by atoms with Crippen molar-refractivity contribution in [2.24, 2.45) is 0 Å². The minimum absolute atomic E-state index is 0.237. The maximum atomic E-state index is 12.9. The lowest BCUT2D eigenvalue weighted by Gasteiger charge is -2.11. The Morgan fingerprint density at radius 3 is 2.56 bits per heavy atom. The van der Waals surface area contributed by atoms with Crippen molar-refractivity contribution < 1.29 is 18.0 Å². The highest BCUT2D eigenvalue weighted by molar-refractivity contribution is 9.10. The van der Waals surface area contributed by atoms with Crippen LogP contribution in [0, 0.1) is 13.8 Å². The van der Waals surface area contributed by atoms with Crippen molar-refractivity contribution in [2.75, 3.05) is 5.32 Å². The zero-order valence-corrected chi connectivity index (χ0v) is 16.0. The van der Waals surface area contributed by atoms with Crippen molar-refractivity contribution >= 4 is 27.5 Å². The molecule has 0 saturated heterocycles. The van der Waals surface area contributed by atoms with Gasteiger partial charge in [0.25, 0.3) is 5.91 Å². The Morgan fingerprint density at radius 1 is 1.15 bits per heavy atom. The highest BCUT2D eigenvalue weighted by Crippen LogP contribution is 2.30. The number of hydrogen-bond acceptors (Lipinski definition) is 2. The van der Waals surface area contributed by atoms with Crippen molar-refractivity contribution in [3.05, 3.63) is 75.5 Å². The van der Waals surface area contributed by atoms with Gasteiger partial charge < -0.3 is 5.32 Å². The molecule has 1 heterocycles. The largest absolute Gasteiger partial charge is 0.416 e. The summed E-state index contributed by atoms with van der Waals surface area (Å²) in [7, 11) is 0. The molecule has 0 saturated carbocycles. The third kappa shape index (κ3) is 4.05. The molecule has 1 aromatic heterocycles. The van der Waals surface area contributed by atoms with Crippen molar-refractivity contribution in [2.45, 2.75) is 20.0 Å². The van der Waals surface area contributed by atoms with E-state index in [0.717, 1.165) is 22.2 Å². The van der Waals surface area contributed by atoms with Crippen LogP contribution in [0.15, 0.2) is 53.1 Å². The Hall–Kier alpha value is -2.61. The fraction of sp³-hybridized carbons (Fsp3) is 0.158. The molecule has 3 aromatic rings. The first-order chi connectivity index (χ1) is 12.7. The zero-order chi connectivity index (χ0) is 19.8. The van der Waals surface area contributed by atoms with Gasteiger partial charge in [0.05, 0.1) is 28.7 Å². The predicted molar refractivity (Wildman–Crippen MR) is 100 cm³/mol. The maximum absolute atomic E-state index is 12.9. The van der Waals surface area contributed by atoms with Gasteiger partial charge in [-0.2, -0.15) is 18.3 Å². The van der Waals surface area contributed by atoms with Gasteiger partial charge in [-0.1, -0.05) is 22.0 Å². The number of nitrogens with zero attached hydrogens (tertiary/aromatic N) is 2. The number of alkyl halides is 3. The van der Waals surface area contributed by atoms with E-state index in [-0.39, 0.29) is 17.2 Å². The average molecular weight is 438 g/mol. The molecule has 0 radical (unpaired) electrons. The van der Waals surface area contributed by atoms with Gasteiger partial charge in [-0.3, -0.25) is 4.79 Å². The lowest BCUT2D eigenvalue weighted by atomic mass is 10.1. The third-order valence-corrected chi connectivity index (χ3v) is 4.60. The van der Waals surface area contributed by atoms with Crippen LogP contribution in [0.3, 0.4) is 0 Å². The van der Waals surface area contributed by atoms with Crippen molar-refractivity contribution in [3.63, 3.8) is 0 Å². The van der Waals surface area contributed by atoms with Gasteiger partial charge in [-0.25, -0.2) is 4.68 Å². The number of aryl methyl sites for hydroxylation is 1. The lowest BCUT2D eigenvalue weighted by molar-refractivity contribution is -0.137. The van der Waals surface area contributed by atoms with Crippen LogP contribution >= 0.6 is 15.9 Å². The average Bonchev–Trinajstić information content (AvgIpc) is 2.98. The van der Waals surface area contributed by atoms with Crippen molar-refractivity contribution in [1.29, 1.82) is 0 Å². The number of anilines is 1. The molecule has 0 aliphatic heterocycles. The number of halogens is 4. The first-order valence-corrected chi connectivity index (χ1v) is 8.76. The van der Waals surface area contributed by atoms with Crippen LogP contribution in [0.25, 0.3) is 5.69 Å². The molecule has 0 fully saturated rings. The van der Waals surface area contributed by atoms with Crippen molar-refractivity contribution in [1.82, 2.24) is 9.78 Å². The summed E-state index contributed by atoms with van der Waals surface area (Å²) in [6, 6.07) is 10.3. The Kier molecular flexibility index (Phi) is 5.10. The predicted octanol–water partition coefficient (Wildman–Crippen LogP) is 5.52. The summed E-state index contributed by atoms with van der Waals surface area (Å²) < 4.78 is 41.0. The highest BCUT2D eigenvalue weighted by atomic mass is 79.9. The summed E-state index contributed by atoms with van der Waals surface area (Å²) in [5.41, 5.74) is 1.72. The van der Waals surface area contributed by atoms with Crippen LogP contribution in [0.4, 0.5) is 18.9 Å². The zero-order valence-electron chi connectivity index (χ0n) is 14.4. The lowest BCUT2D eigenvalue weighted by Crippen LogP contribution is -2.14. The first kappa shape index (κ1) is 19.2. The number of amides is 1. The molecule has 27 heavy (non-hydrogen) atoms. The topological polar surface area (TPSA) is 46.9 Å². The Bertz CT molecular complexity index is 1010. The summed E-state index contributed by atoms with van der Waals surface area (Å²) in [5, 5.41) is 6.89. The summed E-state index contributed by atoms with van der Waals surface area (Å²) in [6.45, 7) is 3.50. The number of carbonyl (C=O) groups is 1. The molecule has 140 valence electrons. The second-order valence-corrected chi connectivity index (χ2v) is 6.93. The molecule has 0 aliphatic rings. The van der Waals surface area contributed by atoms with E-state index in [4.69, 9.17) is 0 Å². The molecule has 3 rings (SSSR count). The molecule has 2 aromatic carbocycles. The van der Waals surface area contributed by atoms with Crippen molar-refractivity contribution in [3.8, 4) is 5.69 Å². The van der Waals surface area contributed by atoms with E-state index < -0.39 is 11.7 Å². The van der Waals surface area contributed by atoms with E-state index in [2.05, 4.69) is 26.3 Å². The van der Waals surface area contributed by atoms with E-state index in [1.165, 1.54) is 23.0 Å². The Morgan fingerprint density at radius 2 is 1.89 bits per heavy atom. The fourth-order valence-electron chi connectivity index (χ4n) is 2.66. The van der Waals surface area contributed by atoms with Crippen LogP contribution in [0.2, 0.25) is 0 Å². The highest BCUT2D eigenvalue weighted by Gasteiger charge is 2.30. The molecule has 8 heteroatoms. The second-order valence-electron chi connectivity index (χ2n) is 6.02. The molecule has 1 N–H and O–H groups in total. The quantitative estimate of drug-likeness (QED) is 0.585. The summed E-state index contributed by atoms with van der Waals surface area (Å²) in [6.07, 6.45) is -3.10. The smallest absolute Gasteiger partial charge is 0.322 e. The van der Waals surface area contributed by atoms with E-state index in [1.807, 2.05) is 19.1 Å². The Labute approximate surface area is 162 Å². The molecule has 0 bridgehead atoms. The van der Waals surface area contributed by atoms with Gasteiger partial charge in [-0.05, 0) is 55.8 Å². The first-order valence-electron chi connectivity index (χ1n) is 7.96. The fourth-order valence-corrected chi connectivity index (χ4v) is 3.14. The normalized spacial score (nSPS) is 11.5. The molecule has 0 unspecified atom stereocenters. The van der Waals surface area contributed by atoms with Gasteiger partial charge >= 0.3 is 6.18 Å². The third-order valence-electron chi connectivity index (χ3n) is 4.11. The molecule has 0 spiro atoms. The van der Waals surface area contributed by atoms with Crippen LogP contribution in [0.5, 0.6) is 0 Å². The summed E-state index contributed by atoms with van der Waals surface area (Å²) >= 11 is 3.36. The standard InChI is InChI=1S/C19H15BrF3N3O/c1-11-8-14(20)6-7-17(11)25-18(27)16-10-24-26(12(16)2)15-5-3-4-13(9-15)19(21,22)23/h3-10H,1-2H3,(H,25,27).